The van der Waals surface area contributed by atoms with Crippen molar-refractivity contribution in [2.45, 2.75) is 45.2 Å². The van der Waals surface area contributed by atoms with Crippen LogP contribution in [0.15, 0.2) is 0 Å². The number of hydrogen-bond donors (Lipinski definition) is 1. The summed E-state index contributed by atoms with van der Waals surface area (Å²) >= 11 is 0. The Bertz CT molecular complexity index is 232. The first-order valence-electron chi connectivity index (χ1n) is 5.74. The van der Waals surface area contributed by atoms with Crippen molar-refractivity contribution in [1.29, 1.82) is 0 Å². The van der Waals surface area contributed by atoms with E-state index in [4.69, 9.17) is 0 Å². The highest BCUT2D eigenvalue weighted by atomic mass is 19.4. The van der Waals surface area contributed by atoms with Crippen LogP contribution in [0.5, 0.6) is 0 Å². The molecule has 1 rings (SSSR count). The van der Waals surface area contributed by atoms with Crippen molar-refractivity contribution < 1.29 is 18.0 Å². The second kappa shape index (κ2) is 5.55. The number of alkyl halides is 3. The second-order valence-corrected chi connectivity index (χ2v) is 4.67. The van der Waals surface area contributed by atoms with Crippen LogP contribution in [-0.4, -0.2) is 18.6 Å². The Morgan fingerprint density at radius 1 is 1.25 bits per heavy atom. The van der Waals surface area contributed by atoms with E-state index in [0.717, 1.165) is 31.6 Å². The predicted octanol–water partition coefficient (Wildman–Crippen LogP) is 2.88. The van der Waals surface area contributed by atoms with Crippen LogP contribution in [0.25, 0.3) is 0 Å². The third kappa shape index (κ3) is 4.41. The fourth-order valence-corrected chi connectivity index (χ4v) is 2.11. The lowest BCUT2D eigenvalue weighted by molar-refractivity contribution is -0.173. The number of amides is 1. The van der Waals surface area contributed by atoms with Crippen LogP contribution in [0.3, 0.4) is 0 Å². The first-order valence-corrected chi connectivity index (χ1v) is 5.74. The third-order valence-electron chi connectivity index (χ3n) is 3.23. The van der Waals surface area contributed by atoms with Crippen LogP contribution in [0, 0.1) is 11.8 Å². The summed E-state index contributed by atoms with van der Waals surface area (Å²) < 4.78 is 35.6. The summed E-state index contributed by atoms with van der Waals surface area (Å²) in [6.07, 6.45) is 0.359. The first kappa shape index (κ1) is 13.3. The average molecular weight is 237 g/mol. The number of nitrogens with one attached hydrogen (secondary N) is 1. The summed E-state index contributed by atoms with van der Waals surface area (Å²) in [5.41, 5.74) is 0. The highest BCUT2D eigenvalue weighted by molar-refractivity contribution is 5.81. The molecule has 0 radical (unpaired) electrons. The van der Waals surface area contributed by atoms with Crippen LogP contribution in [0.1, 0.15) is 39.0 Å². The van der Waals surface area contributed by atoms with Crippen LogP contribution in [-0.2, 0) is 4.79 Å². The van der Waals surface area contributed by atoms with E-state index in [1.54, 1.807) is 0 Å². The Balaban J connectivity index is 2.14. The zero-order valence-electron chi connectivity index (χ0n) is 9.44. The molecule has 0 bridgehead atoms. The van der Waals surface area contributed by atoms with Gasteiger partial charge in [0.1, 0.15) is 0 Å². The Labute approximate surface area is 93.6 Å². The molecule has 0 spiro atoms. The van der Waals surface area contributed by atoms with Crippen molar-refractivity contribution in [2.24, 2.45) is 11.8 Å². The monoisotopic (exact) mass is 237 g/mol. The Morgan fingerprint density at radius 3 is 2.31 bits per heavy atom. The molecule has 0 aromatic carbocycles. The summed E-state index contributed by atoms with van der Waals surface area (Å²) in [6.45, 7) is 2.33. The molecule has 1 N–H and O–H groups in total. The van der Waals surface area contributed by atoms with E-state index in [2.05, 4.69) is 6.92 Å². The van der Waals surface area contributed by atoms with Crippen LogP contribution in [0.4, 0.5) is 13.2 Å². The quantitative estimate of drug-likeness (QED) is 0.803. The maximum absolute atomic E-state index is 11.9. The van der Waals surface area contributed by atoms with Gasteiger partial charge in [0.05, 0.1) is 0 Å². The Hall–Kier alpha value is -0.740. The van der Waals surface area contributed by atoms with E-state index in [9.17, 15) is 18.0 Å². The minimum atomic E-state index is -4.75. The van der Waals surface area contributed by atoms with E-state index in [1.807, 2.05) is 5.32 Å². The van der Waals surface area contributed by atoms with Crippen molar-refractivity contribution in [3.05, 3.63) is 0 Å². The van der Waals surface area contributed by atoms with Crippen LogP contribution >= 0.6 is 0 Å². The fourth-order valence-electron chi connectivity index (χ4n) is 2.11. The van der Waals surface area contributed by atoms with Gasteiger partial charge in [-0.25, -0.2) is 0 Å². The molecule has 0 unspecified atom stereocenters. The lowest BCUT2D eigenvalue weighted by Gasteiger charge is -2.26. The van der Waals surface area contributed by atoms with Gasteiger partial charge in [0.15, 0.2) is 0 Å². The lowest BCUT2D eigenvalue weighted by atomic mass is 9.81. The molecule has 0 saturated heterocycles. The van der Waals surface area contributed by atoms with E-state index in [-0.39, 0.29) is 6.54 Å². The normalized spacial score (nSPS) is 26.5. The molecule has 94 valence electrons. The minimum Gasteiger partial charge on any atom is -0.348 e. The SMILES string of the molecule is CC1CCC(CCNC(=O)C(F)(F)F)CC1. The van der Waals surface area contributed by atoms with Gasteiger partial charge in [-0.2, -0.15) is 13.2 Å². The number of carbonyl (C=O) groups excluding carboxylic acids is 1. The van der Waals surface area contributed by atoms with Gasteiger partial charge in [-0.3, -0.25) is 4.79 Å². The molecule has 0 aliphatic heterocycles. The van der Waals surface area contributed by atoms with Gasteiger partial charge in [0.2, 0.25) is 0 Å². The zero-order chi connectivity index (χ0) is 12.2. The molecule has 0 aromatic rings. The molecule has 0 aromatic heterocycles. The number of rotatable bonds is 3. The van der Waals surface area contributed by atoms with Crippen molar-refractivity contribution in [2.75, 3.05) is 6.54 Å². The van der Waals surface area contributed by atoms with Gasteiger partial charge in [0.25, 0.3) is 0 Å². The third-order valence-corrected chi connectivity index (χ3v) is 3.23. The summed E-state index contributed by atoms with van der Waals surface area (Å²) in [5, 5.41) is 1.92. The Kier molecular flexibility index (Phi) is 4.62. The number of hydrogen-bond acceptors (Lipinski definition) is 1. The molecule has 1 fully saturated rings. The molecule has 1 aliphatic carbocycles. The highest BCUT2D eigenvalue weighted by Gasteiger charge is 2.38. The largest absolute Gasteiger partial charge is 0.471 e. The summed E-state index contributed by atoms with van der Waals surface area (Å²) in [5.74, 6) is -0.609. The van der Waals surface area contributed by atoms with Gasteiger partial charge in [-0.15, -0.1) is 0 Å². The molecular formula is C11H18F3NO. The van der Waals surface area contributed by atoms with Crippen LogP contribution in [0.2, 0.25) is 0 Å². The van der Waals surface area contributed by atoms with Gasteiger partial charge in [0, 0.05) is 6.54 Å². The highest BCUT2D eigenvalue weighted by Crippen LogP contribution is 2.29. The standard InChI is InChI=1S/C11H18F3NO/c1-8-2-4-9(5-3-8)6-7-15-10(16)11(12,13)14/h8-9H,2-7H2,1H3,(H,15,16). The van der Waals surface area contributed by atoms with E-state index in [1.165, 1.54) is 0 Å². The molecule has 0 heterocycles. The predicted molar refractivity (Wildman–Crippen MR) is 54.8 cm³/mol. The van der Waals surface area contributed by atoms with E-state index < -0.39 is 12.1 Å². The van der Waals surface area contributed by atoms with Crippen molar-refractivity contribution >= 4 is 5.91 Å². The smallest absolute Gasteiger partial charge is 0.348 e. The molecule has 2 nitrogen and oxygen atoms in total. The number of carbonyl (C=O) groups is 1. The van der Waals surface area contributed by atoms with Gasteiger partial charge < -0.3 is 5.32 Å². The fraction of sp³-hybridized carbons (Fsp3) is 0.909. The topological polar surface area (TPSA) is 29.1 Å². The molecule has 1 amide bonds. The maximum Gasteiger partial charge on any atom is 0.471 e. The first-order chi connectivity index (χ1) is 7.39. The average Bonchev–Trinajstić information content (AvgIpc) is 2.19. The van der Waals surface area contributed by atoms with Gasteiger partial charge in [-0.05, 0) is 18.3 Å². The summed E-state index contributed by atoms with van der Waals surface area (Å²) in [4.78, 5) is 10.5. The van der Waals surface area contributed by atoms with E-state index in [0.29, 0.717) is 12.3 Å². The summed E-state index contributed by atoms with van der Waals surface area (Å²) in [6, 6.07) is 0. The van der Waals surface area contributed by atoms with Crippen LogP contribution < -0.4 is 5.32 Å². The van der Waals surface area contributed by atoms with Gasteiger partial charge in [-0.1, -0.05) is 32.6 Å². The van der Waals surface area contributed by atoms with Crippen molar-refractivity contribution in [3.8, 4) is 0 Å². The molecule has 1 saturated carbocycles. The van der Waals surface area contributed by atoms with Gasteiger partial charge >= 0.3 is 12.1 Å². The second-order valence-electron chi connectivity index (χ2n) is 4.67. The molecular weight excluding hydrogens is 219 g/mol. The zero-order valence-corrected chi connectivity index (χ0v) is 9.44. The Morgan fingerprint density at radius 2 is 1.81 bits per heavy atom. The minimum absolute atomic E-state index is 0.136. The summed E-state index contributed by atoms with van der Waals surface area (Å²) in [7, 11) is 0. The molecule has 1 aliphatic rings. The van der Waals surface area contributed by atoms with Crippen molar-refractivity contribution in [3.63, 3.8) is 0 Å². The number of halogens is 3. The van der Waals surface area contributed by atoms with E-state index >= 15 is 0 Å². The molecule has 0 atom stereocenters. The maximum atomic E-state index is 11.9. The lowest BCUT2D eigenvalue weighted by Crippen LogP contribution is -2.37. The molecule has 16 heavy (non-hydrogen) atoms. The van der Waals surface area contributed by atoms with Crippen molar-refractivity contribution in [1.82, 2.24) is 5.32 Å². The molecule has 5 heteroatoms.